The summed E-state index contributed by atoms with van der Waals surface area (Å²) >= 11 is 0. The predicted molar refractivity (Wildman–Crippen MR) is 94.6 cm³/mol. The number of hydrogen-bond acceptors (Lipinski definition) is 5. The lowest BCUT2D eigenvalue weighted by atomic mass is 9.91. The zero-order valence-corrected chi connectivity index (χ0v) is 14.7. The van der Waals surface area contributed by atoms with Gasteiger partial charge in [-0.25, -0.2) is 0 Å². The number of methoxy groups -OCH3 is 4. The van der Waals surface area contributed by atoms with Crippen molar-refractivity contribution < 1.29 is 18.9 Å². The topological polar surface area (TPSA) is 62.9 Å². The third-order valence-corrected chi connectivity index (χ3v) is 4.06. The monoisotopic (exact) mass is 331 g/mol. The van der Waals surface area contributed by atoms with Crippen LogP contribution in [0.2, 0.25) is 0 Å². The average Bonchev–Trinajstić information content (AvgIpc) is 2.64. The molecule has 1 unspecified atom stereocenters. The Balaban J connectivity index is 2.35. The van der Waals surface area contributed by atoms with Crippen LogP contribution in [0.1, 0.15) is 17.0 Å². The van der Waals surface area contributed by atoms with Gasteiger partial charge in [-0.2, -0.15) is 0 Å². The van der Waals surface area contributed by atoms with Crippen molar-refractivity contribution in [2.24, 2.45) is 5.73 Å². The molecule has 2 rings (SSSR count). The van der Waals surface area contributed by atoms with Gasteiger partial charge in [-0.3, -0.25) is 0 Å². The summed E-state index contributed by atoms with van der Waals surface area (Å²) in [5, 5.41) is 0. The second kappa shape index (κ2) is 8.45. The minimum atomic E-state index is 0.130. The molecule has 0 saturated heterocycles. The lowest BCUT2D eigenvalue weighted by Gasteiger charge is -2.20. The van der Waals surface area contributed by atoms with Gasteiger partial charge in [-0.05, 0) is 48.4 Å². The van der Waals surface area contributed by atoms with Gasteiger partial charge in [0.05, 0.1) is 28.4 Å². The van der Waals surface area contributed by atoms with Crippen molar-refractivity contribution in [3.05, 3.63) is 47.5 Å². The molecule has 2 aromatic carbocycles. The third-order valence-electron chi connectivity index (χ3n) is 4.06. The van der Waals surface area contributed by atoms with E-state index in [9.17, 15) is 0 Å². The molecule has 0 amide bonds. The molecule has 0 aromatic heterocycles. The van der Waals surface area contributed by atoms with Gasteiger partial charge in [0.25, 0.3) is 0 Å². The first-order chi connectivity index (χ1) is 11.7. The van der Waals surface area contributed by atoms with Gasteiger partial charge >= 0.3 is 0 Å². The summed E-state index contributed by atoms with van der Waals surface area (Å²) in [6.07, 6.45) is 0.798. The third kappa shape index (κ3) is 3.92. The Morgan fingerprint density at radius 1 is 0.875 bits per heavy atom. The molecular weight excluding hydrogens is 306 g/mol. The fourth-order valence-corrected chi connectivity index (χ4v) is 2.76. The quantitative estimate of drug-likeness (QED) is 0.805. The van der Waals surface area contributed by atoms with Gasteiger partial charge in [0.2, 0.25) is 5.75 Å². The van der Waals surface area contributed by atoms with Crippen LogP contribution in [0.4, 0.5) is 0 Å². The van der Waals surface area contributed by atoms with Crippen molar-refractivity contribution in [2.75, 3.05) is 35.0 Å². The van der Waals surface area contributed by atoms with Gasteiger partial charge in [-0.1, -0.05) is 12.1 Å². The highest BCUT2D eigenvalue weighted by molar-refractivity contribution is 5.54. The van der Waals surface area contributed by atoms with Crippen LogP contribution in [0.15, 0.2) is 36.4 Å². The molecule has 0 fully saturated rings. The molecule has 2 aromatic rings. The molecule has 2 N–H and O–H groups in total. The molecule has 0 heterocycles. The highest BCUT2D eigenvalue weighted by Crippen LogP contribution is 2.40. The van der Waals surface area contributed by atoms with Crippen molar-refractivity contribution in [1.82, 2.24) is 0 Å². The summed E-state index contributed by atoms with van der Waals surface area (Å²) in [6, 6.07) is 11.9. The zero-order chi connectivity index (χ0) is 17.5. The van der Waals surface area contributed by atoms with E-state index < -0.39 is 0 Å². The molecule has 0 saturated carbocycles. The molecule has 1 atom stereocenters. The Labute approximate surface area is 143 Å². The number of benzene rings is 2. The van der Waals surface area contributed by atoms with Gasteiger partial charge < -0.3 is 24.7 Å². The van der Waals surface area contributed by atoms with Crippen LogP contribution in [-0.2, 0) is 6.42 Å². The SMILES string of the molecule is COc1cccc(CC(CN)c2cc(OC)c(OC)c(OC)c2)c1. The van der Waals surface area contributed by atoms with Crippen molar-refractivity contribution in [3.63, 3.8) is 0 Å². The molecule has 130 valence electrons. The summed E-state index contributed by atoms with van der Waals surface area (Å²) in [7, 11) is 6.48. The lowest BCUT2D eigenvalue weighted by Crippen LogP contribution is -2.15. The molecule has 0 aliphatic carbocycles. The summed E-state index contributed by atoms with van der Waals surface area (Å²) in [5.74, 6) is 2.83. The van der Waals surface area contributed by atoms with Crippen LogP contribution in [0.5, 0.6) is 23.0 Å². The summed E-state index contributed by atoms with van der Waals surface area (Å²) in [5.41, 5.74) is 8.25. The van der Waals surface area contributed by atoms with Crippen molar-refractivity contribution in [3.8, 4) is 23.0 Å². The van der Waals surface area contributed by atoms with Crippen LogP contribution in [-0.4, -0.2) is 35.0 Å². The number of ether oxygens (including phenoxy) is 4. The maximum Gasteiger partial charge on any atom is 0.203 e. The van der Waals surface area contributed by atoms with Gasteiger partial charge in [-0.15, -0.1) is 0 Å². The number of hydrogen-bond donors (Lipinski definition) is 1. The highest BCUT2D eigenvalue weighted by atomic mass is 16.5. The van der Waals surface area contributed by atoms with E-state index in [2.05, 4.69) is 6.07 Å². The highest BCUT2D eigenvalue weighted by Gasteiger charge is 2.18. The minimum Gasteiger partial charge on any atom is -0.497 e. The fourth-order valence-electron chi connectivity index (χ4n) is 2.76. The van der Waals surface area contributed by atoms with E-state index in [1.807, 2.05) is 30.3 Å². The number of rotatable bonds is 8. The molecule has 0 spiro atoms. The van der Waals surface area contributed by atoms with Crippen LogP contribution < -0.4 is 24.7 Å². The van der Waals surface area contributed by atoms with Crippen molar-refractivity contribution in [1.29, 1.82) is 0 Å². The molecule has 24 heavy (non-hydrogen) atoms. The van der Waals surface area contributed by atoms with Gasteiger partial charge in [0.15, 0.2) is 11.5 Å². The second-order valence-corrected chi connectivity index (χ2v) is 5.45. The molecular formula is C19H25NO4. The van der Waals surface area contributed by atoms with E-state index in [1.165, 1.54) is 5.56 Å². The van der Waals surface area contributed by atoms with E-state index in [1.54, 1.807) is 28.4 Å². The molecule has 5 heteroatoms. The van der Waals surface area contributed by atoms with E-state index >= 15 is 0 Å². The van der Waals surface area contributed by atoms with E-state index in [-0.39, 0.29) is 5.92 Å². The van der Waals surface area contributed by atoms with E-state index in [0.717, 1.165) is 17.7 Å². The smallest absolute Gasteiger partial charge is 0.203 e. The molecule has 0 radical (unpaired) electrons. The maximum atomic E-state index is 6.03. The van der Waals surface area contributed by atoms with Gasteiger partial charge in [0.1, 0.15) is 5.75 Å². The minimum absolute atomic E-state index is 0.130. The van der Waals surface area contributed by atoms with Crippen molar-refractivity contribution in [2.45, 2.75) is 12.3 Å². The summed E-state index contributed by atoms with van der Waals surface area (Å²) in [4.78, 5) is 0. The molecule has 5 nitrogen and oxygen atoms in total. The first-order valence-corrected chi connectivity index (χ1v) is 7.79. The summed E-state index contributed by atoms with van der Waals surface area (Å²) < 4.78 is 21.5. The summed E-state index contributed by atoms with van der Waals surface area (Å²) in [6.45, 7) is 0.510. The largest absolute Gasteiger partial charge is 0.497 e. The first-order valence-electron chi connectivity index (χ1n) is 7.79. The Morgan fingerprint density at radius 3 is 2.04 bits per heavy atom. The van der Waals surface area contributed by atoms with Gasteiger partial charge in [0, 0.05) is 5.92 Å². The molecule has 0 aliphatic heterocycles. The zero-order valence-electron chi connectivity index (χ0n) is 14.7. The second-order valence-electron chi connectivity index (χ2n) is 5.45. The normalized spacial score (nSPS) is 11.7. The Bertz CT molecular complexity index is 647. The van der Waals surface area contributed by atoms with Crippen molar-refractivity contribution >= 4 is 0 Å². The first kappa shape index (κ1) is 17.9. The Kier molecular flexibility index (Phi) is 6.32. The Morgan fingerprint density at radius 2 is 1.54 bits per heavy atom. The van der Waals surface area contributed by atoms with Crippen LogP contribution in [0.25, 0.3) is 0 Å². The predicted octanol–water partition coefficient (Wildman–Crippen LogP) is 3.01. The fraction of sp³-hybridized carbons (Fsp3) is 0.368. The van der Waals surface area contributed by atoms with E-state index in [0.29, 0.717) is 23.8 Å². The average molecular weight is 331 g/mol. The van der Waals surface area contributed by atoms with Crippen LogP contribution in [0, 0.1) is 0 Å². The van der Waals surface area contributed by atoms with E-state index in [4.69, 9.17) is 24.7 Å². The molecule has 0 bridgehead atoms. The Hall–Kier alpha value is -2.40. The standard InChI is InChI=1S/C19H25NO4/c1-21-16-7-5-6-13(9-16)8-15(12-20)14-10-17(22-2)19(24-4)18(11-14)23-3/h5-7,9-11,15H,8,12,20H2,1-4H3. The maximum absolute atomic E-state index is 6.03. The number of nitrogens with two attached hydrogens (primary N) is 1. The lowest BCUT2D eigenvalue weighted by molar-refractivity contribution is 0.323. The molecule has 0 aliphatic rings. The van der Waals surface area contributed by atoms with Crippen LogP contribution >= 0.6 is 0 Å². The van der Waals surface area contributed by atoms with Crippen LogP contribution in [0.3, 0.4) is 0 Å².